The Kier molecular flexibility index (Phi) is 8.19. The van der Waals surface area contributed by atoms with E-state index in [2.05, 4.69) is 10.7 Å². The zero-order chi connectivity index (χ0) is 24.8. The molecule has 34 heavy (non-hydrogen) atoms. The zero-order valence-electron chi connectivity index (χ0n) is 18.2. The Morgan fingerprint density at radius 2 is 1.74 bits per heavy atom. The second kappa shape index (κ2) is 11.1. The quantitative estimate of drug-likeness (QED) is 0.524. The molecule has 0 aliphatic carbocycles. The molecule has 0 radical (unpaired) electrons. The van der Waals surface area contributed by atoms with E-state index in [0.717, 1.165) is 5.01 Å². The summed E-state index contributed by atoms with van der Waals surface area (Å²) in [5.41, 5.74) is 2.93. The molecule has 2 aromatic carbocycles. The molecule has 12 heteroatoms. The average Bonchev–Trinajstić information content (AvgIpc) is 3.19. The predicted molar refractivity (Wildman–Crippen MR) is 123 cm³/mol. The van der Waals surface area contributed by atoms with Crippen molar-refractivity contribution < 1.29 is 33.4 Å². The first-order valence-electron chi connectivity index (χ1n) is 9.96. The first-order valence-corrected chi connectivity index (χ1v) is 10.7. The summed E-state index contributed by atoms with van der Waals surface area (Å²) in [6, 6.07) is 9.09. The number of hydrogen-bond acceptors (Lipinski definition) is 7. The molecule has 180 valence electrons. The molecule has 0 unspecified atom stereocenters. The molecule has 0 aromatic heterocycles. The maximum absolute atomic E-state index is 12.6. The van der Waals surface area contributed by atoms with Crippen molar-refractivity contribution >= 4 is 52.6 Å². The summed E-state index contributed by atoms with van der Waals surface area (Å²) < 4.78 is 15.3. The highest BCUT2D eigenvalue weighted by Crippen LogP contribution is 2.26. The van der Waals surface area contributed by atoms with E-state index in [-0.39, 0.29) is 29.2 Å². The Hall–Kier alpha value is -3.50. The molecule has 1 atom stereocenters. The Balaban J connectivity index is 1.53. The lowest BCUT2D eigenvalue weighted by atomic mass is 10.1. The lowest BCUT2D eigenvalue weighted by Crippen LogP contribution is -2.43. The van der Waals surface area contributed by atoms with Gasteiger partial charge in [-0.1, -0.05) is 23.2 Å². The largest absolute Gasteiger partial charge is 0.497 e. The fourth-order valence-corrected chi connectivity index (χ4v) is 3.47. The molecule has 1 fully saturated rings. The van der Waals surface area contributed by atoms with Gasteiger partial charge in [-0.25, -0.2) is 0 Å². The number of hydrazine groups is 1. The van der Waals surface area contributed by atoms with Crippen molar-refractivity contribution in [3.05, 3.63) is 52.0 Å². The van der Waals surface area contributed by atoms with Crippen LogP contribution in [-0.4, -0.2) is 56.1 Å². The summed E-state index contributed by atoms with van der Waals surface area (Å²) in [6.07, 6.45) is -0.178. The van der Waals surface area contributed by atoms with Crippen molar-refractivity contribution in [2.75, 3.05) is 32.7 Å². The summed E-state index contributed by atoms with van der Waals surface area (Å²) in [4.78, 5) is 49.3. The molecule has 3 rings (SSSR count). The van der Waals surface area contributed by atoms with Crippen LogP contribution in [0.15, 0.2) is 36.4 Å². The van der Waals surface area contributed by atoms with Crippen molar-refractivity contribution in [1.82, 2.24) is 10.4 Å². The molecule has 10 nitrogen and oxygen atoms in total. The molecule has 2 aromatic rings. The second-order valence-electron chi connectivity index (χ2n) is 7.23. The van der Waals surface area contributed by atoms with Crippen LogP contribution in [0.2, 0.25) is 10.0 Å². The van der Waals surface area contributed by atoms with E-state index in [1.54, 1.807) is 12.1 Å². The van der Waals surface area contributed by atoms with E-state index in [9.17, 15) is 19.2 Å². The number of halogens is 2. The van der Waals surface area contributed by atoms with Gasteiger partial charge in [0.05, 0.1) is 37.4 Å². The van der Waals surface area contributed by atoms with Crippen LogP contribution in [0.25, 0.3) is 0 Å². The standard InChI is InChI=1S/C22H21Cl2N3O7/c1-32-15-5-12(6-16(9-15)33-2)21(30)26-27-10-13(7-20(27)29)22(31)34-11-19(28)25-18-8-14(23)3-4-17(18)24/h3-6,8-9,13H,7,10-11H2,1-2H3,(H,25,28)(H,26,30)/t13-/m1/s1. The number of hydrogen-bond donors (Lipinski definition) is 2. The molecule has 1 heterocycles. The smallest absolute Gasteiger partial charge is 0.311 e. The van der Waals surface area contributed by atoms with Crippen molar-refractivity contribution in [1.29, 1.82) is 0 Å². The number of carbonyl (C=O) groups excluding carboxylic acids is 4. The molecule has 1 aliphatic rings. The van der Waals surface area contributed by atoms with Crippen LogP contribution in [0.1, 0.15) is 16.8 Å². The third-order valence-corrected chi connectivity index (χ3v) is 5.42. The Morgan fingerprint density at radius 3 is 2.38 bits per heavy atom. The first-order chi connectivity index (χ1) is 16.2. The highest BCUT2D eigenvalue weighted by Gasteiger charge is 2.37. The number of rotatable bonds is 8. The lowest BCUT2D eigenvalue weighted by molar-refractivity contribution is -0.151. The molecule has 0 bridgehead atoms. The maximum Gasteiger partial charge on any atom is 0.311 e. The SMILES string of the molecule is COc1cc(OC)cc(C(=O)NN2C[C@H](C(=O)OCC(=O)Nc3cc(Cl)ccc3Cl)CC2=O)c1. The van der Waals surface area contributed by atoms with Crippen molar-refractivity contribution in [2.45, 2.75) is 6.42 Å². The van der Waals surface area contributed by atoms with Gasteiger partial charge >= 0.3 is 5.97 Å². The van der Waals surface area contributed by atoms with E-state index in [0.29, 0.717) is 16.5 Å². The van der Waals surface area contributed by atoms with Crippen LogP contribution in [0.3, 0.4) is 0 Å². The zero-order valence-corrected chi connectivity index (χ0v) is 19.7. The number of nitrogens with one attached hydrogen (secondary N) is 2. The first kappa shape index (κ1) is 25.1. The third-order valence-electron chi connectivity index (χ3n) is 4.86. The lowest BCUT2D eigenvalue weighted by Gasteiger charge is -2.18. The summed E-state index contributed by atoms with van der Waals surface area (Å²) in [5, 5.41) is 4.16. The van der Waals surface area contributed by atoms with Crippen LogP contribution in [0.5, 0.6) is 11.5 Å². The summed E-state index contributed by atoms with van der Waals surface area (Å²) in [6.45, 7) is -0.686. The molecule has 2 N–H and O–H groups in total. The molecular formula is C22H21Cl2N3O7. The van der Waals surface area contributed by atoms with E-state index in [1.807, 2.05) is 0 Å². The minimum absolute atomic E-state index is 0.105. The molecular weight excluding hydrogens is 489 g/mol. The van der Waals surface area contributed by atoms with Crippen LogP contribution >= 0.6 is 23.2 Å². The van der Waals surface area contributed by atoms with Gasteiger partial charge in [-0.15, -0.1) is 0 Å². The molecule has 1 aliphatic heterocycles. The van der Waals surface area contributed by atoms with Crippen molar-refractivity contribution in [2.24, 2.45) is 5.92 Å². The van der Waals surface area contributed by atoms with Gasteiger partial charge < -0.3 is 19.5 Å². The van der Waals surface area contributed by atoms with E-state index in [1.165, 1.54) is 38.5 Å². The normalized spacial score (nSPS) is 15.0. The molecule has 3 amide bonds. The van der Waals surface area contributed by atoms with Crippen molar-refractivity contribution in [3.63, 3.8) is 0 Å². The van der Waals surface area contributed by atoms with Gasteiger partial charge in [0.25, 0.3) is 11.8 Å². The van der Waals surface area contributed by atoms with Gasteiger partial charge in [0.2, 0.25) is 5.91 Å². The minimum atomic E-state index is -0.852. The Bertz CT molecular complexity index is 1100. The fraction of sp³-hybridized carbons (Fsp3) is 0.273. The summed E-state index contributed by atoms with van der Waals surface area (Å²) in [7, 11) is 2.89. The second-order valence-corrected chi connectivity index (χ2v) is 8.07. The Labute approximate surface area is 205 Å². The number of benzene rings is 2. The van der Waals surface area contributed by atoms with Crippen LogP contribution < -0.4 is 20.2 Å². The summed E-state index contributed by atoms with van der Waals surface area (Å²) >= 11 is 11.9. The van der Waals surface area contributed by atoms with Crippen molar-refractivity contribution in [3.8, 4) is 11.5 Å². The van der Waals surface area contributed by atoms with Crippen LogP contribution in [0, 0.1) is 5.92 Å². The van der Waals surface area contributed by atoms with E-state index >= 15 is 0 Å². The number of ether oxygens (including phenoxy) is 3. The van der Waals surface area contributed by atoms with E-state index < -0.39 is 36.2 Å². The van der Waals surface area contributed by atoms with Crippen LogP contribution in [-0.2, 0) is 19.1 Å². The molecule has 0 spiro atoms. The van der Waals surface area contributed by atoms with E-state index in [4.69, 9.17) is 37.4 Å². The Morgan fingerprint density at radius 1 is 1.06 bits per heavy atom. The minimum Gasteiger partial charge on any atom is -0.497 e. The topological polar surface area (TPSA) is 123 Å². The number of esters is 1. The van der Waals surface area contributed by atoms with Gasteiger partial charge in [-0.3, -0.25) is 29.6 Å². The third kappa shape index (κ3) is 6.30. The van der Waals surface area contributed by atoms with Gasteiger partial charge in [-0.2, -0.15) is 0 Å². The maximum atomic E-state index is 12.6. The van der Waals surface area contributed by atoms with Crippen LogP contribution in [0.4, 0.5) is 5.69 Å². The molecule has 0 saturated carbocycles. The number of methoxy groups -OCH3 is 2. The van der Waals surface area contributed by atoms with Gasteiger partial charge in [0.1, 0.15) is 11.5 Å². The van der Waals surface area contributed by atoms with Gasteiger partial charge in [0.15, 0.2) is 6.61 Å². The average molecular weight is 510 g/mol. The highest BCUT2D eigenvalue weighted by atomic mass is 35.5. The number of carbonyl (C=O) groups is 4. The summed E-state index contributed by atoms with van der Waals surface area (Å²) in [5.74, 6) is -2.49. The fourth-order valence-electron chi connectivity index (χ4n) is 3.13. The monoisotopic (exact) mass is 509 g/mol. The van der Waals surface area contributed by atoms with Gasteiger partial charge in [0, 0.05) is 23.1 Å². The number of amides is 3. The van der Waals surface area contributed by atoms with Gasteiger partial charge in [-0.05, 0) is 30.3 Å². The number of anilines is 1. The molecule has 1 saturated heterocycles. The predicted octanol–water partition coefficient (Wildman–Crippen LogP) is 2.69. The highest BCUT2D eigenvalue weighted by molar-refractivity contribution is 6.35. The number of nitrogens with zero attached hydrogens (tertiary/aromatic N) is 1.